The first kappa shape index (κ1) is 22.1. The fraction of sp³-hybridized carbons (Fsp3) is 0.231. The number of nitrogens with zero attached hydrogens (tertiary/aromatic N) is 1. The molecule has 1 N–H and O–H groups in total. The van der Waals surface area contributed by atoms with E-state index in [9.17, 15) is 9.90 Å². The van der Waals surface area contributed by atoms with E-state index < -0.39 is 5.97 Å². The minimum absolute atomic E-state index is 0.168. The highest BCUT2D eigenvalue weighted by Gasteiger charge is 2.18. The number of nitrogens with one attached hydrogen (secondary N) is 1. The lowest BCUT2D eigenvalue weighted by Gasteiger charge is -2.22. The van der Waals surface area contributed by atoms with Crippen molar-refractivity contribution in [1.82, 2.24) is 4.98 Å². The van der Waals surface area contributed by atoms with Gasteiger partial charge in [0.1, 0.15) is 0 Å². The van der Waals surface area contributed by atoms with E-state index >= 15 is 0 Å². The number of aromatic nitrogens is 1. The van der Waals surface area contributed by atoms with E-state index in [1.165, 1.54) is 6.07 Å². The normalized spacial score (nSPS) is 14.5. The average Bonchev–Trinajstić information content (AvgIpc) is 2.81. The Balaban J connectivity index is 1.56. The van der Waals surface area contributed by atoms with Gasteiger partial charge in [-0.15, -0.1) is 0 Å². The Bertz CT molecular complexity index is 1110. The molecule has 6 heteroatoms. The second-order valence-electron chi connectivity index (χ2n) is 7.81. The molecule has 0 radical (unpaired) electrons. The standard InChI is InChI=1S/C26H25ClN2O3/c27-21-7-9-22(10-8-21)28-24-16-23(29-25(17-24)19-11-13-32-14-12-19)6-2-4-18-3-1-5-20(15-18)26(30)31/h1-5,7-10,15-17,19H,6,11-14H2,(H,28,29)(H,30,31)/p-1/b4-2-. The number of rotatable bonds is 7. The van der Waals surface area contributed by atoms with Crippen LogP contribution in [0.25, 0.3) is 6.08 Å². The second-order valence-corrected chi connectivity index (χ2v) is 8.25. The van der Waals surface area contributed by atoms with E-state index in [0.717, 1.165) is 54.4 Å². The number of carbonyl (C=O) groups is 1. The summed E-state index contributed by atoms with van der Waals surface area (Å²) in [6, 6.07) is 18.5. The van der Waals surface area contributed by atoms with Gasteiger partial charge in [0, 0.05) is 53.3 Å². The Hall–Kier alpha value is -3.15. The minimum Gasteiger partial charge on any atom is -0.545 e. The number of anilines is 2. The smallest absolute Gasteiger partial charge is 0.0715 e. The van der Waals surface area contributed by atoms with Crippen LogP contribution in [0.4, 0.5) is 11.4 Å². The van der Waals surface area contributed by atoms with Crippen molar-refractivity contribution >= 4 is 35.0 Å². The molecule has 0 saturated carbocycles. The summed E-state index contributed by atoms with van der Waals surface area (Å²) in [6.07, 6.45) is 6.45. The molecule has 5 nitrogen and oxygen atoms in total. The van der Waals surface area contributed by atoms with Crippen molar-refractivity contribution in [3.63, 3.8) is 0 Å². The Morgan fingerprint density at radius 3 is 2.62 bits per heavy atom. The fourth-order valence-electron chi connectivity index (χ4n) is 3.78. The van der Waals surface area contributed by atoms with Crippen LogP contribution in [0.15, 0.2) is 66.7 Å². The molecule has 3 aromatic rings. The molecule has 0 unspecified atom stereocenters. The van der Waals surface area contributed by atoms with E-state index in [1.54, 1.807) is 12.1 Å². The quantitative estimate of drug-likeness (QED) is 0.552. The molecule has 1 saturated heterocycles. The summed E-state index contributed by atoms with van der Waals surface area (Å²) in [5.74, 6) is -0.804. The predicted molar refractivity (Wildman–Crippen MR) is 125 cm³/mol. The highest BCUT2D eigenvalue weighted by molar-refractivity contribution is 6.30. The van der Waals surface area contributed by atoms with Crippen LogP contribution in [0.1, 0.15) is 46.1 Å². The van der Waals surface area contributed by atoms with Crippen LogP contribution in [0, 0.1) is 0 Å². The van der Waals surface area contributed by atoms with Crippen molar-refractivity contribution in [1.29, 1.82) is 0 Å². The van der Waals surface area contributed by atoms with Gasteiger partial charge in [0.15, 0.2) is 0 Å². The first-order valence-electron chi connectivity index (χ1n) is 10.7. The molecule has 32 heavy (non-hydrogen) atoms. The number of halogens is 1. The molecule has 1 fully saturated rings. The van der Waals surface area contributed by atoms with Gasteiger partial charge in [-0.2, -0.15) is 0 Å². The Morgan fingerprint density at radius 2 is 1.88 bits per heavy atom. The van der Waals surface area contributed by atoms with Gasteiger partial charge in [0.25, 0.3) is 0 Å². The topological polar surface area (TPSA) is 74.3 Å². The summed E-state index contributed by atoms with van der Waals surface area (Å²) >= 11 is 6.01. The van der Waals surface area contributed by atoms with E-state index in [-0.39, 0.29) is 5.56 Å². The molecule has 1 aliphatic rings. The SMILES string of the molecule is O=C([O-])c1cccc(/C=C\Cc2cc(Nc3ccc(Cl)cc3)cc(C3CCOCC3)n2)c1. The van der Waals surface area contributed by atoms with Crippen molar-refractivity contribution in [3.8, 4) is 0 Å². The number of carbonyl (C=O) groups excluding carboxylic acids is 1. The van der Waals surface area contributed by atoms with Crippen LogP contribution in [0.2, 0.25) is 5.02 Å². The van der Waals surface area contributed by atoms with Gasteiger partial charge < -0.3 is 20.0 Å². The van der Waals surface area contributed by atoms with Gasteiger partial charge in [-0.1, -0.05) is 42.0 Å². The van der Waals surface area contributed by atoms with Crippen LogP contribution in [-0.2, 0) is 11.2 Å². The van der Waals surface area contributed by atoms with Gasteiger partial charge >= 0.3 is 0 Å². The third kappa shape index (κ3) is 5.96. The maximum Gasteiger partial charge on any atom is 0.0715 e. The van der Waals surface area contributed by atoms with Gasteiger partial charge in [0.2, 0.25) is 0 Å². The summed E-state index contributed by atoms with van der Waals surface area (Å²) in [4.78, 5) is 16.0. The number of pyridine rings is 1. The second kappa shape index (κ2) is 10.4. The summed E-state index contributed by atoms with van der Waals surface area (Å²) < 4.78 is 5.52. The number of hydrogen-bond donors (Lipinski definition) is 1. The zero-order chi connectivity index (χ0) is 22.3. The average molecular weight is 448 g/mol. The molecule has 1 aromatic heterocycles. The zero-order valence-electron chi connectivity index (χ0n) is 17.6. The maximum absolute atomic E-state index is 11.1. The molecule has 2 heterocycles. The number of hydrogen-bond acceptors (Lipinski definition) is 5. The number of carboxylic acid groups (broad SMARTS) is 1. The summed E-state index contributed by atoms with van der Waals surface area (Å²) in [5, 5.41) is 15.2. The molecule has 0 spiro atoms. The lowest BCUT2D eigenvalue weighted by molar-refractivity contribution is -0.255. The molecule has 0 amide bonds. The number of ether oxygens (including phenoxy) is 1. The Labute approximate surface area is 192 Å². The van der Waals surface area contributed by atoms with E-state index in [4.69, 9.17) is 21.3 Å². The van der Waals surface area contributed by atoms with E-state index in [0.29, 0.717) is 17.4 Å². The van der Waals surface area contributed by atoms with Crippen molar-refractivity contribution in [2.75, 3.05) is 18.5 Å². The zero-order valence-corrected chi connectivity index (χ0v) is 18.3. The maximum atomic E-state index is 11.1. The van der Waals surface area contributed by atoms with Gasteiger partial charge in [-0.3, -0.25) is 4.98 Å². The van der Waals surface area contributed by atoms with Gasteiger partial charge in [-0.25, -0.2) is 0 Å². The molecule has 0 bridgehead atoms. The molecular weight excluding hydrogens is 424 g/mol. The van der Waals surface area contributed by atoms with Crippen LogP contribution < -0.4 is 10.4 Å². The molecular formula is C26H24ClN2O3-. The first-order chi connectivity index (χ1) is 15.6. The van der Waals surface area contributed by atoms with Crippen molar-refractivity contribution in [2.45, 2.75) is 25.2 Å². The van der Waals surface area contributed by atoms with E-state index in [2.05, 4.69) is 11.4 Å². The first-order valence-corrected chi connectivity index (χ1v) is 11.0. The molecule has 0 atom stereocenters. The molecule has 2 aromatic carbocycles. The summed E-state index contributed by atoms with van der Waals surface area (Å²) in [7, 11) is 0. The van der Waals surface area contributed by atoms with Crippen molar-refractivity contribution < 1.29 is 14.6 Å². The Kier molecular flexibility index (Phi) is 7.20. The van der Waals surface area contributed by atoms with Crippen LogP contribution in [-0.4, -0.2) is 24.2 Å². The summed E-state index contributed by atoms with van der Waals surface area (Å²) in [6.45, 7) is 1.51. The number of aromatic carboxylic acids is 1. The third-order valence-electron chi connectivity index (χ3n) is 5.43. The largest absolute Gasteiger partial charge is 0.545 e. The predicted octanol–water partition coefficient (Wildman–Crippen LogP) is 4.99. The van der Waals surface area contributed by atoms with Crippen molar-refractivity contribution in [2.24, 2.45) is 0 Å². The summed E-state index contributed by atoms with van der Waals surface area (Å²) in [5.41, 5.74) is 4.92. The molecule has 164 valence electrons. The third-order valence-corrected chi connectivity index (χ3v) is 5.68. The number of allylic oxidation sites excluding steroid dienone is 1. The highest BCUT2D eigenvalue weighted by Crippen LogP contribution is 2.29. The van der Waals surface area contributed by atoms with E-state index in [1.807, 2.05) is 48.6 Å². The lowest BCUT2D eigenvalue weighted by atomic mass is 9.95. The highest BCUT2D eigenvalue weighted by atomic mass is 35.5. The number of carboxylic acids is 1. The Morgan fingerprint density at radius 1 is 1.09 bits per heavy atom. The van der Waals surface area contributed by atoms with Gasteiger partial charge in [-0.05, 0) is 66.4 Å². The monoisotopic (exact) mass is 447 g/mol. The lowest BCUT2D eigenvalue weighted by Crippen LogP contribution is -2.22. The van der Waals surface area contributed by atoms with Crippen LogP contribution in [0.3, 0.4) is 0 Å². The van der Waals surface area contributed by atoms with Crippen molar-refractivity contribution in [3.05, 3.63) is 94.3 Å². The minimum atomic E-state index is -1.18. The molecule has 4 rings (SSSR count). The molecule has 0 aliphatic carbocycles. The van der Waals surface area contributed by atoms with Crippen LogP contribution >= 0.6 is 11.6 Å². The number of benzene rings is 2. The van der Waals surface area contributed by atoms with Crippen LogP contribution in [0.5, 0.6) is 0 Å². The fourth-order valence-corrected chi connectivity index (χ4v) is 3.90. The molecule has 1 aliphatic heterocycles. The van der Waals surface area contributed by atoms with Gasteiger partial charge in [0.05, 0.1) is 5.97 Å².